The molecule has 0 bridgehead atoms. The Kier molecular flexibility index (Phi) is 10.5. The highest BCUT2D eigenvalue weighted by Gasteiger charge is 2.39. The molecule has 0 saturated carbocycles. The lowest BCUT2D eigenvalue weighted by Gasteiger charge is -2.37. The van der Waals surface area contributed by atoms with Gasteiger partial charge in [0.05, 0.1) is 28.2 Å². The Bertz CT molecular complexity index is 1810. The molecule has 15 heteroatoms. The Hall–Kier alpha value is -4.19. The Morgan fingerprint density at radius 2 is 1.79 bits per heavy atom. The molecule has 0 fully saturated rings. The minimum atomic E-state index is -4.90. The first-order chi connectivity index (χ1) is 21.9. The zero-order valence-electron chi connectivity index (χ0n) is 26.6. The first-order valence-corrected chi connectivity index (χ1v) is 17.2. The summed E-state index contributed by atoms with van der Waals surface area (Å²) in [5, 5.41) is 10.3. The molecule has 2 heterocycles. The second-order valence-electron chi connectivity index (χ2n) is 12.4. The number of nitriles is 1. The Morgan fingerprint density at radius 1 is 1.13 bits per heavy atom. The smallest absolute Gasteiger partial charge is 0.430 e. The number of carbonyl (C=O) groups is 2. The summed E-state index contributed by atoms with van der Waals surface area (Å²) in [5.41, 5.74) is 1.37. The zero-order chi connectivity index (χ0) is 34.7. The number of amides is 2. The Labute approximate surface area is 282 Å². The quantitative estimate of drug-likeness (QED) is 0.246. The fourth-order valence-corrected chi connectivity index (χ4v) is 6.81. The second-order valence-corrected chi connectivity index (χ2v) is 15.3. The first kappa shape index (κ1) is 35.7. The fraction of sp³-hybridized carbons (Fsp3) is 0.375. The van der Waals surface area contributed by atoms with E-state index in [2.05, 4.69) is 11.1 Å². The number of nitrogens with zero attached hydrogens (tertiary/aromatic N) is 4. The minimum absolute atomic E-state index is 0.200. The van der Waals surface area contributed by atoms with Crippen LogP contribution in [0.2, 0.25) is 5.02 Å². The van der Waals surface area contributed by atoms with Crippen molar-refractivity contribution < 1.29 is 36.6 Å². The van der Waals surface area contributed by atoms with Crippen molar-refractivity contribution >= 4 is 56.5 Å². The van der Waals surface area contributed by atoms with E-state index in [0.717, 1.165) is 29.0 Å². The van der Waals surface area contributed by atoms with Crippen LogP contribution in [0.5, 0.6) is 5.75 Å². The number of thiazole rings is 1. The van der Waals surface area contributed by atoms with Crippen LogP contribution in [-0.2, 0) is 19.5 Å². The second kappa shape index (κ2) is 13.9. The summed E-state index contributed by atoms with van der Waals surface area (Å²) in [7, 11) is -4.90. The molecular weight excluding hydrogens is 671 g/mol. The molecule has 1 atom stereocenters. The summed E-state index contributed by atoms with van der Waals surface area (Å²) in [5.74, 6) is -1.72. The number of halogens is 2. The minimum Gasteiger partial charge on any atom is -0.489 e. The zero-order valence-corrected chi connectivity index (χ0v) is 29.0. The summed E-state index contributed by atoms with van der Waals surface area (Å²) in [6, 6.07) is 9.80. The first-order valence-electron chi connectivity index (χ1n) is 14.4. The molecule has 1 aromatic heterocycles. The molecule has 0 spiro atoms. The van der Waals surface area contributed by atoms with Gasteiger partial charge in [0.25, 0.3) is 10.0 Å². The number of hydrogen-bond acceptors (Lipinski definition) is 10. The SMILES string of the molecule is CC(C)(C)OC(=O)N1CCC=C(c2ccc(C#N)cc2)C1COc1cc(F)c(S(=O)(=O)N(C(=O)OC(C)(C)C)c2cscn2)cc1Cl. The molecule has 0 aliphatic carbocycles. The average molecular weight is 705 g/mol. The molecule has 1 aliphatic heterocycles. The van der Waals surface area contributed by atoms with Gasteiger partial charge in [-0.2, -0.15) is 5.26 Å². The van der Waals surface area contributed by atoms with Crippen molar-refractivity contribution in [1.82, 2.24) is 9.88 Å². The van der Waals surface area contributed by atoms with Gasteiger partial charge in [0, 0.05) is 18.0 Å². The summed E-state index contributed by atoms with van der Waals surface area (Å²) in [6.07, 6.45) is 0.590. The van der Waals surface area contributed by atoms with Crippen LogP contribution in [0.1, 0.15) is 59.1 Å². The van der Waals surface area contributed by atoms with Crippen LogP contribution < -0.4 is 9.04 Å². The molecule has 2 aromatic carbocycles. The number of carbonyl (C=O) groups excluding carboxylic acids is 2. The Morgan fingerprint density at radius 3 is 2.36 bits per heavy atom. The standard InChI is InChI=1S/C32H34ClFN4O7S2/c1-31(2,3)44-29(39)37-13-7-8-22(21-11-9-20(16-35)10-12-21)25(37)17-43-26-15-24(34)27(14-23(26)33)47(41,42)38(28-18-46-19-36-28)30(40)45-32(4,5)6/h8-12,14-15,18-19,25H,7,13,17H2,1-6H3. The molecule has 0 saturated heterocycles. The van der Waals surface area contributed by atoms with Gasteiger partial charge in [-0.25, -0.2) is 27.4 Å². The fourth-order valence-electron chi connectivity index (χ4n) is 4.60. The number of benzene rings is 2. The third-order valence-electron chi connectivity index (χ3n) is 6.53. The van der Waals surface area contributed by atoms with Crippen molar-refractivity contribution in [2.45, 2.75) is 70.1 Å². The monoisotopic (exact) mass is 704 g/mol. The molecule has 1 unspecified atom stereocenters. The predicted octanol–water partition coefficient (Wildman–Crippen LogP) is 7.41. The number of hydrogen-bond donors (Lipinski definition) is 0. The van der Waals surface area contributed by atoms with Crippen molar-refractivity contribution in [1.29, 1.82) is 5.26 Å². The number of ether oxygens (including phenoxy) is 3. The average Bonchev–Trinajstić information content (AvgIpc) is 3.49. The molecule has 2 amide bonds. The maximum atomic E-state index is 15.7. The van der Waals surface area contributed by atoms with E-state index in [0.29, 0.717) is 24.1 Å². The van der Waals surface area contributed by atoms with Gasteiger partial charge >= 0.3 is 12.2 Å². The third-order valence-corrected chi connectivity index (χ3v) is 9.09. The van der Waals surface area contributed by atoms with E-state index in [4.69, 9.17) is 25.8 Å². The summed E-state index contributed by atoms with van der Waals surface area (Å²) in [4.78, 5) is 30.8. The maximum absolute atomic E-state index is 15.7. The van der Waals surface area contributed by atoms with Crippen LogP contribution in [0.4, 0.5) is 19.8 Å². The van der Waals surface area contributed by atoms with Gasteiger partial charge in [-0.05, 0) is 77.3 Å². The summed E-state index contributed by atoms with van der Waals surface area (Å²) in [6.45, 7) is 9.99. The number of aromatic nitrogens is 1. The highest BCUT2D eigenvalue weighted by atomic mass is 35.5. The Balaban J connectivity index is 1.67. The lowest BCUT2D eigenvalue weighted by Crippen LogP contribution is -2.48. The summed E-state index contributed by atoms with van der Waals surface area (Å²) < 4.78 is 60.2. The molecule has 47 heavy (non-hydrogen) atoms. The lowest BCUT2D eigenvalue weighted by atomic mass is 9.93. The van der Waals surface area contributed by atoms with Crippen LogP contribution in [0.15, 0.2) is 58.3 Å². The van der Waals surface area contributed by atoms with Crippen LogP contribution in [0, 0.1) is 17.1 Å². The molecular formula is C32H34ClFN4O7S2. The normalized spacial score (nSPS) is 15.3. The molecule has 0 N–H and O–H groups in total. The van der Waals surface area contributed by atoms with Crippen molar-refractivity contribution in [2.24, 2.45) is 0 Å². The van der Waals surface area contributed by atoms with E-state index in [9.17, 15) is 23.3 Å². The van der Waals surface area contributed by atoms with Crippen molar-refractivity contribution in [3.05, 3.63) is 75.3 Å². The third kappa shape index (κ3) is 8.59. The molecule has 4 rings (SSSR count). The van der Waals surface area contributed by atoms with Crippen molar-refractivity contribution in [2.75, 3.05) is 17.5 Å². The molecule has 1 aliphatic rings. The number of rotatable bonds is 7. The van der Waals surface area contributed by atoms with E-state index in [-0.39, 0.29) is 27.5 Å². The van der Waals surface area contributed by atoms with Gasteiger partial charge in [-0.1, -0.05) is 29.8 Å². The molecule has 0 radical (unpaired) electrons. The largest absolute Gasteiger partial charge is 0.489 e. The van der Waals surface area contributed by atoms with Crippen molar-refractivity contribution in [3.8, 4) is 11.8 Å². The van der Waals surface area contributed by atoms with Gasteiger partial charge in [0.2, 0.25) is 0 Å². The lowest BCUT2D eigenvalue weighted by molar-refractivity contribution is 0.0162. The molecule has 250 valence electrons. The van der Waals surface area contributed by atoms with Crippen LogP contribution in [0.3, 0.4) is 0 Å². The highest BCUT2D eigenvalue weighted by Crippen LogP contribution is 2.35. The van der Waals surface area contributed by atoms with E-state index in [1.54, 1.807) is 65.8 Å². The van der Waals surface area contributed by atoms with Gasteiger partial charge in [-0.15, -0.1) is 15.6 Å². The summed E-state index contributed by atoms with van der Waals surface area (Å²) >= 11 is 7.49. The van der Waals surface area contributed by atoms with Crippen LogP contribution >= 0.6 is 22.9 Å². The number of anilines is 1. The van der Waals surface area contributed by atoms with E-state index < -0.39 is 50.2 Å². The maximum Gasteiger partial charge on any atom is 0.430 e. The van der Waals surface area contributed by atoms with Gasteiger partial charge in [-0.3, -0.25) is 4.90 Å². The van der Waals surface area contributed by atoms with E-state index in [1.165, 1.54) is 15.8 Å². The van der Waals surface area contributed by atoms with E-state index >= 15 is 4.39 Å². The van der Waals surface area contributed by atoms with Gasteiger partial charge < -0.3 is 14.2 Å². The van der Waals surface area contributed by atoms with Crippen LogP contribution in [0.25, 0.3) is 5.57 Å². The van der Waals surface area contributed by atoms with Gasteiger partial charge in [0.1, 0.15) is 34.3 Å². The molecule has 11 nitrogen and oxygen atoms in total. The highest BCUT2D eigenvalue weighted by molar-refractivity contribution is 7.93. The van der Waals surface area contributed by atoms with Gasteiger partial charge in [0.15, 0.2) is 5.82 Å². The van der Waals surface area contributed by atoms with Crippen molar-refractivity contribution in [3.63, 3.8) is 0 Å². The predicted molar refractivity (Wildman–Crippen MR) is 175 cm³/mol. The number of sulfonamides is 1. The topological polar surface area (TPSA) is 139 Å². The van der Waals surface area contributed by atoms with Crippen LogP contribution in [-0.4, -0.2) is 60.9 Å². The molecule has 3 aromatic rings. The van der Waals surface area contributed by atoms with E-state index in [1.807, 2.05) is 6.08 Å².